The zero-order chi connectivity index (χ0) is 21.6. The van der Waals surface area contributed by atoms with E-state index >= 15 is 0 Å². The van der Waals surface area contributed by atoms with E-state index in [0.717, 1.165) is 28.5 Å². The molecule has 156 valence electrons. The number of aliphatic imine (C=N–C) groups is 1. The molecule has 0 aromatic heterocycles. The smallest absolute Gasteiger partial charge is 0.259 e. The van der Waals surface area contributed by atoms with Crippen molar-refractivity contribution >= 4 is 40.4 Å². The number of fused-ring (bicyclic) bond motifs is 3. The van der Waals surface area contributed by atoms with Crippen molar-refractivity contribution < 1.29 is 9.53 Å². The van der Waals surface area contributed by atoms with Crippen LogP contribution >= 0.6 is 11.6 Å². The van der Waals surface area contributed by atoms with Crippen LogP contribution in [0.5, 0.6) is 0 Å². The van der Waals surface area contributed by atoms with Gasteiger partial charge in [0.25, 0.3) is 5.91 Å². The lowest BCUT2D eigenvalue weighted by atomic mass is 9.71. The number of methoxy groups -OCH3 is 1. The number of carbonyl (C=O) groups is 1. The fourth-order valence-electron chi connectivity index (χ4n) is 4.70. The molecule has 1 saturated heterocycles. The van der Waals surface area contributed by atoms with E-state index < -0.39 is 11.6 Å². The molecule has 0 radical (unpaired) electrons. The number of ether oxygens (including phenoxy) is 1. The van der Waals surface area contributed by atoms with Crippen molar-refractivity contribution in [2.45, 2.75) is 18.1 Å². The largest absolute Gasteiger partial charge is 0.369 e. The van der Waals surface area contributed by atoms with Crippen LogP contribution in [0, 0.1) is 0 Å². The first-order valence-electron chi connectivity index (χ1n) is 10.1. The fraction of sp³-hybridized carbons (Fsp3) is 0.200. The van der Waals surface area contributed by atoms with Gasteiger partial charge in [-0.15, -0.1) is 0 Å². The number of amides is 1. The molecule has 0 saturated carbocycles. The van der Waals surface area contributed by atoms with Gasteiger partial charge in [-0.25, -0.2) is 4.99 Å². The van der Waals surface area contributed by atoms with Crippen LogP contribution in [0.4, 0.5) is 17.1 Å². The minimum absolute atomic E-state index is 0.0596. The fourth-order valence-corrected chi connectivity index (χ4v) is 4.97. The quantitative estimate of drug-likeness (QED) is 0.537. The van der Waals surface area contributed by atoms with Crippen LogP contribution in [0.15, 0.2) is 83.9 Å². The van der Waals surface area contributed by atoms with Gasteiger partial charge in [-0.1, -0.05) is 66.2 Å². The predicted molar refractivity (Wildman–Crippen MR) is 124 cm³/mol. The van der Waals surface area contributed by atoms with Crippen LogP contribution in [0.2, 0.25) is 5.02 Å². The second-order valence-corrected chi connectivity index (χ2v) is 8.19. The first kappa shape index (κ1) is 19.8. The standard InChI is InChI=1S/C25H22ClN3O2/c1-28(20-14-8-6-12-18(20)26)22-16-25(17-10-4-3-5-11-17)23(31-2)24(30)29(25)21-15-9-7-13-19(21)27-22/h3-15,23H,16H2,1-2H3. The zero-order valence-electron chi connectivity index (χ0n) is 17.3. The normalized spacial score (nSPS) is 22.0. The molecule has 2 heterocycles. The van der Waals surface area contributed by atoms with Crippen molar-refractivity contribution in [2.24, 2.45) is 4.99 Å². The molecule has 0 N–H and O–H groups in total. The van der Waals surface area contributed by atoms with Crippen LogP contribution in [-0.4, -0.2) is 32.0 Å². The number of amidine groups is 1. The Balaban J connectivity index is 1.73. The highest BCUT2D eigenvalue weighted by Crippen LogP contribution is 2.53. The number of hydrogen-bond donors (Lipinski definition) is 0. The Morgan fingerprint density at radius 1 is 1.03 bits per heavy atom. The Bertz CT molecular complexity index is 1180. The number of rotatable bonds is 3. The summed E-state index contributed by atoms with van der Waals surface area (Å²) in [6, 6.07) is 25.5. The highest BCUT2D eigenvalue weighted by molar-refractivity contribution is 6.34. The first-order chi connectivity index (χ1) is 15.1. The van der Waals surface area contributed by atoms with Crippen LogP contribution in [0.1, 0.15) is 12.0 Å². The SMILES string of the molecule is COC1C(=O)N2c3ccccc3N=C(N(C)c3ccccc3Cl)CC12c1ccccc1. The van der Waals surface area contributed by atoms with E-state index in [1.165, 1.54) is 0 Å². The molecular formula is C25H22ClN3O2. The summed E-state index contributed by atoms with van der Waals surface area (Å²) in [6.45, 7) is 0. The number of β-lactam (4-membered cyclic amide) rings is 1. The molecule has 2 aliphatic rings. The van der Waals surface area contributed by atoms with E-state index in [1.807, 2.05) is 95.7 Å². The molecule has 31 heavy (non-hydrogen) atoms. The molecule has 0 spiro atoms. The van der Waals surface area contributed by atoms with Gasteiger partial charge in [-0.3, -0.25) is 9.69 Å². The van der Waals surface area contributed by atoms with Gasteiger partial charge in [0, 0.05) is 20.6 Å². The Kier molecular flexibility index (Phi) is 4.80. The van der Waals surface area contributed by atoms with E-state index in [0.29, 0.717) is 11.4 Å². The summed E-state index contributed by atoms with van der Waals surface area (Å²) in [6.07, 6.45) is -0.122. The van der Waals surface area contributed by atoms with E-state index in [-0.39, 0.29) is 5.91 Å². The third-order valence-electron chi connectivity index (χ3n) is 6.19. The second kappa shape index (κ2) is 7.52. The number of anilines is 2. The topological polar surface area (TPSA) is 45.1 Å². The van der Waals surface area contributed by atoms with Gasteiger partial charge in [0.2, 0.25) is 0 Å². The number of nitrogens with zero attached hydrogens (tertiary/aromatic N) is 3. The summed E-state index contributed by atoms with van der Waals surface area (Å²) in [4.78, 5) is 22.1. The van der Waals surface area contributed by atoms with E-state index in [9.17, 15) is 4.79 Å². The van der Waals surface area contributed by atoms with Gasteiger partial charge in [0.1, 0.15) is 11.4 Å². The Hall–Kier alpha value is -3.15. The number of carbonyl (C=O) groups excluding carboxylic acids is 1. The maximum Gasteiger partial charge on any atom is 0.259 e. The molecule has 6 heteroatoms. The average Bonchev–Trinajstić information content (AvgIpc) is 2.92. The van der Waals surface area contributed by atoms with Gasteiger partial charge in [-0.05, 0) is 29.8 Å². The molecule has 2 aliphatic heterocycles. The number of benzene rings is 3. The van der Waals surface area contributed by atoms with Crippen molar-refractivity contribution in [3.05, 3.63) is 89.4 Å². The molecule has 2 atom stereocenters. The average molecular weight is 432 g/mol. The van der Waals surface area contributed by atoms with Crippen molar-refractivity contribution in [2.75, 3.05) is 24.0 Å². The minimum atomic E-state index is -0.700. The van der Waals surface area contributed by atoms with E-state index in [2.05, 4.69) is 0 Å². The number of hydrogen-bond acceptors (Lipinski definition) is 4. The maximum absolute atomic E-state index is 13.2. The van der Waals surface area contributed by atoms with Gasteiger partial charge in [0.05, 0.1) is 22.1 Å². The number of halogens is 1. The minimum Gasteiger partial charge on any atom is -0.369 e. The maximum atomic E-state index is 13.2. The van der Waals surface area contributed by atoms with Crippen LogP contribution < -0.4 is 9.80 Å². The molecule has 3 aromatic rings. The molecule has 5 nitrogen and oxygen atoms in total. The van der Waals surface area contributed by atoms with Gasteiger partial charge >= 0.3 is 0 Å². The molecule has 0 aliphatic carbocycles. The molecule has 3 aromatic carbocycles. The summed E-state index contributed by atoms with van der Waals surface area (Å²) in [5, 5.41) is 0.642. The van der Waals surface area contributed by atoms with Crippen LogP contribution in [0.3, 0.4) is 0 Å². The van der Waals surface area contributed by atoms with E-state index in [4.69, 9.17) is 21.3 Å². The molecule has 0 bridgehead atoms. The Morgan fingerprint density at radius 2 is 1.71 bits per heavy atom. The number of para-hydroxylation sites is 3. The van der Waals surface area contributed by atoms with Gasteiger partial charge in [0.15, 0.2) is 6.10 Å². The summed E-state index contributed by atoms with van der Waals surface area (Å²) in [7, 11) is 3.55. The summed E-state index contributed by atoms with van der Waals surface area (Å²) < 4.78 is 5.76. The lowest BCUT2D eigenvalue weighted by molar-refractivity contribution is -0.147. The summed E-state index contributed by atoms with van der Waals surface area (Å²) >= 11 is 6.50. The molecule has 5 rings (SSSR count). The van der Waals surface area contributed by atoms with Crippen LogP contribution in [0.25, 0.3) is 0 Å². The second-order valence-electron chi connectivity index (χ2n) is 7.78. The molecule has 1 fully saturated rings. The highest BCUT2D eigenvalue weighted by Gasteiger charge is 2.64. The summed E-state index contributed by atoms with van der Waals surface area (Å²) in [5.41, 5.74) is 2.70. The van der Waals surface area contributed by atoms with Crippen LogP contribution in [-0.2, 0) is 15.1 Å². The molecule has 1 amide bonds. The predicted octanol–water partition coefficient (Wildman–Crippen LogP) is 5.17. The lowest BCUT2D eigenvalue weighted by Gasteiger charge is -2.56. The van der Waals surface area contributed by atoms with Crippen molar-refractivity contribution in [1.29, 1.82) is 0 Å². The third-order valence-corrected chi connectivity index (χ3v) is 6.51. The van der Waals surface area contributed by atoms with Gasteiger partial charge < -0.3 is 9.64 Å². The Morgan fingerprint density at radius 3 is 2.45 bits per heavy atom. The van der Waals surface area contributed by atoms with Crippen molar-refractivity contribution in [1.82, 2.24) is 0 Å². The molecular weight excluding hydrogens is 410 g/mol. The first-order valence-corrected chi connectivity index (χ1v) is 10.5. The third kappa shape index (κ3) is 2.88. The van der Waals surface area contributed by atoms with Crippen molar-refractivity contribution in [3.8, 4) is 0 Å². The highest BCUT2D eigenvalue weighted by atomic mass is 35.5. The Labute approximate surface area is 186 Å². The summed E-state index contributed by atoms with van der Waals surface area (Å²) in [5.74, 6) is 0.747. The zero-order valence-corrected chi connectivity index (χ0v) is 18.1. The monoisotopic (exact) mass is 431 g/mol. The van der Waals surface area contributed by atoms with Gasteiger partial charge in [-0.2, -0.15) is 0 Å². The lowest BCUT2D eigenvalue weighted by Crippen LogP contribution is -2.74. The van der Waals surface area contributed by atoms with E-state index in [1.54, 1.807) is 7.11 Å². The van der Waals surface area contributed by atoms with Crippen molar-refractivity contribution in [3.63, 3.8) is 0 Å². The molecule has 2 unspecified atom stereocenters.